The molecular formula is C75H128N10O17. The normalized spacial score (nSPS) is 27.1. The average molecular weight is 1440 g/mol. The molecule has 8 aliphatic rings. The number of nitrogens with one attached hydrogen (secondary N) is 7. The molecule has 10 N–H and O–H groups in total. The summed E-state index contributed by atoms with van der Waals surface area (Å²) >= 11 is 0. The van der Waals surface area contributed by atoms with Gasteiger partial charge in [0.25, 0.3) is 11.8 Å². The van der Waals surface area contributed by atoms with Crippen molar-refractivity contribution in [2.24, 2.45) is 79.8 Å². The molecule has 102 heavy (non-hydrogen) atoms. The molecule has 0 radical (unpaired) electrons. The third-order valence-electron chi connectivity index (χ3n) is 22.7. The molecule has 8 rings (SSSR count). The standard InChI is InChI=1S/2C28H48N4O6.C19H32N2O5/c2*1-26(2,3)21(31-25(37)38-27(4,5)6)24(36)32-14-16-18(28(16,7)8)19(32)22(34)30-17(13-15-11-10-12-15)20(33)23(35)29-9;1-17(2,3)13(20-16(25)26-18(4,5)6)14(22)21-9-10-11(19(10,7)8)12(21)15(23)24/h2*15-21,33H,10-14H2,1-9H3,(H,29,35)(H,30,34)(H,31,37);10-13H,9H2,1-8H3,(H,20,25)(H,23,24)/t2*16-,17?,18-,19-,20?,21+;10-,11-,12-,13+/m000/s1. The van der Waals surface area contributed by atoms with Gasteiger partial charge in [-0.25, -0.2) is 19.2 Å². The number of fused-ring (bicyclic) bond motifs is 3. The van der Waals surface area contributed by atoms with Gasteiger partial charge in [-0.2, -0.15) is 0 Å². The fourth-order valence-corrected chi connectivity index (χ4v) is 16.0. The number of carboxylic acids is 1. The minimum Gasteiger partial charge on any atom is -0.480 e. The number of amides is 10. The molecule has 27 nitrogen and oxygen atoms in total. The molecule has 3 aliphatic heterocycles. The monoisotopic (exact) mass is 1440 g/mol. The first kappa shape index (κ1) is 84.4. The van der Waals surface area contributed by atoms with Crippen molar-refractivity contribution >= 4 is 65.6 Å². The number of nitrogens with zero attached hydrogens (tertiary/aromatic N) is 3. The summed E-state index contributed by atoms with van der Waals surface area (Å²) in [6.45, 7) is 46.1. The lowest BCUT2D eigenvalue weighted by molar-refractivity contribution is -0.152. The summed E-state index contributed by atoms with van der Waals surface area (Å²) in [5.74, 6) is -2.81. The zero-order valence-electron chi connectivity index (χ0n) is 66.1. The van der Waals surface area contributed by atoms with Gasteiger partial charge in [-0.05, 0) is 149 Å². The van der Waals surface area contributed by atoms with E-state index in [0.717, 1.165) is 38.5 Å². The van der Waals surface area contributed by atoms with E-state index >= 15 is 0 Å². The Morgan fingerprint density at radius 3 is 0.863 bits per heavy atom. The molecule has 5 aliphatic carbocycles. The van der Waals surface area contributed by atoms with Crippen LogP contribution in [-0.2, 0) is 52.6 Å². The van der Waals surface area contributed by atoms with Gasteiger partial charge in [0.05, 0.1) is 12.1 Å². The number of alkyl carbamates (subject to hydrolysis) is 3. The van der Waals surface area contributed by atoms with Crippen molar-refractivity contribution in [1.82, 2.24) is 51.9 Å². The van der Waals surface area contributed by atoms with Crippen molar-refractivity contribution in [2.75, 3.05) is 33.7 Å². The van der Waals surface area contributed by atoms with Crippen LogP contribution in [0.15, 0.2) is 0 Å². The molecule has 10 amide bonds. The molecule has 5 saturated carbocycles. The van der Waals surface area contributed by atoms with Crippen molar-refractivity contribution < 1.29 is 82.3 Å². The minimum atomic E-state index is -1.38. The van der Waals surface area contributed by atoms with Crippen LogP contribution in [0.25, 0.3) is 0 Å². The predicted molar refractivity (Wildman–Crippen MR) is 382 cm³/mol. The number of carbonyl (C=O) groups excluding carboxylic acids is 10. The molecule has 0 aromatic heterocycles. The van der Waals surface area contributed by atoms with E-state index in [9.17, 15) is 68.1 Å². The Bertz CT molecular complexity index is 2970. The van der Waals surface area contributed by atoms with Crippen molar-refractivity contribution in [2.45, 2.75) is 295 Å². The summed E-state index contributed by atoms with van der Waals surface area (Å²) < 4.78 is 16.1. The molecule has 16 atom stereocenters. The summed E-state index contributed by atoms with van der Waals surface area (Å²) in [5.41, 5.74) is -4.28. The first-order valence-electron chi connectivity index (χ1n) is 36.9. The average Bonchev–Trinajstić information content (AvgIpc) is 1.54. The highest BCUT2D eigenvalue weighted by Gasteiger charge is 2.72. The lowest BCUT2D eigenvalue weighted by Crippen LogP contribution is -2.61. The number of hydrogen-bond acceptors (Lipinski definition) is 16. The highest BCUT2D eigenvalue weighted by atomic mass is 16.6. The van der Waals surface area contributed by atoms with Crippen molar-refractivity contribution in [3.05, 3.63) is 0 Å². The van der Waals surface area contributed by atoms with E-state index in [2.05, 4.69) is 64.9 Å². The summed E-state index contributed by atoms with van der Waals surface area (Å²) in [4.78, 5) is 147. The molecule has 0 aromatic rings. The van der Waals surface area contributed by atoms with Gasteiger partial charge in [0.1, 0.15) is 53.1 Å². The van der Waals surface area contributed by atoms with Crippen LogP contribution in [-0.4, -0.2) is 207 Å². The lowest BCUT2D eigenvalue weighted by Gasteiger charge is -2.38. The largest absolute Gasteiger partial charge is 0.480 e. The minimum absolute atomic E-state index is 0.0360. The van der Waals surface area contributed by atoms with Crippen molar-refractivity contribution in [3.8, 4) is 0 Å². The van der Waals surface area contributed by atoms with Gasteiger partial charge < -0.3 is 81.4 Å². The Morgan fingerprint density at radius 2 is 0.657 bits per heavy atom. The van der Waals surface area contributed by atoms with Crippen LogP contribution in [0.1, 0.15) is 218 Å². The van der Waals surface area contributed by atoms with Gasteiger partial charge in [0, 0.05) is 39.6 Å². The molecule has 580 valence electrons. The molecular weight excluding hydrogens is 1310 g/mol. The van der Waals surface area contributed by atoms with Crippen LogP contribution >= 0.6 is 0 Å². The number of carboxylic acid groups (broad SMARTS) is 1. The third-order valence-corrected chi connectivity index (χ3v) is 22.7. The fourth-order valence-electron chi connectivity index (χ4n) is 16.0. The van der Waals surface area contributed by atoms with Crippen molar-refractivity contribution in [3.63, 3.8) is 0 Å². The number of carbonyl (C=O) groups is 11. The Balaban J connectivity index is 0.000000245. The predicted octanol–water partition coefficient (Wildman–Crippen LogP) is 6.87. The first-order valence-corrected chi connectivity index (χ1v) is 36.9. The Morgan fingerprint density at radius 1 is 0.412 bits per heavy atom. The molecule has 3 saturated heterocycles. The smallest absolute Gasteiger partial charge is 0.408 e. The SMILES string of the molecule is CC(C)(C)OC(=O)N[C@H](C(=O)N1C[C@H]2[C@@H]([C@H]1C(=O)O)C2(C)C)C(C)(C)C.CNC(=O)C(O)C(CC1CCC1)NC(=O)[C@@H]1[C@@H]2[C@H](CN1C(=O)[C@@H](NC(=O)OC(C)(C)C)C(C)(C)C)C2(C)C.CNC(=O)C(O)C(CC1CCC1)NC(=O)[C@@H]1[C@@H]2[C@H](CN1C(=O)[C@@H](NC(=O)OC(C)(C)C)C(C)(C)C)C2(C)C. The number of hydrogen-bond donors (Lipinski definition) is 10. The second kappa shape index (κ2) is 30.5. The molecule has 4 unspecified atom stereocenters. The number of rotatable bonds is 19. The number of piperidine rings is 3. The number of aliphatic carboxylic acids is 1. The van der Waals surface area contributed by atoms with Gasteiger partial charge in [-0.3, -0.25) is 33.6 Å². The first-order chi connectivity index (χ1) is 46.3. The summed E-state index contributed by atoms with van der Waals surface area (Å²) in [5, 5.41) is 50.1. The maximum Gasteiger partial charge on any atom is 0.408 e. The number of aliphatic hydroxyl groups excluding tert-OH is 2. The van der Waals surface area contributed by atoms with Crippen LogP contribution in [0, 0.1) is 79.8 Å². The number of aliphatic hydroxyl groups is 2. The van der Waals surface area contributed by atoms with E-state index in [1.54, 1.807) is 72.1 Å². The van der Waals surface area contributed by atoms with E-state index in [1.807, 2.05) is 76.2 Å². The van der Waals surface area contributed by atoms with E-state index in [0.29, 0.717) is 44.3 Å². The second-order valence-corrected chi connectivity index (χ2v) is 38.3. The Hall–Kier alpha value is -6.51. The lowest BCUT2D eigenvalue weighted by atomic mass is 9.79. The zero-order valence-corrected chi connectivity index (χ0v) is 66.1. The van der Waals surface area contributed by atoms with Gasteiger partial charge in [-0.1, -0.05) is 142 Å². The van der Waals surface area contributed by atoms with E-state index < -0.39 is 130 Å². The number of ether oxygens (including phenoxy) is 3. The Kier molecular flexibility index (Phi) is 25.3. The molecule has 27 heteroatoms. The van der Waals surface area contributed by atoms with Crippen LogP contribution in [0.2, 0.25) is 0 Å². The molecule has 0 spiro atoms. The topological polar surface area (TPSA) is 370 Å². The molecule has 3 heterocycles. The molecule has 8 fully saturated rings. The molecule has 0 bridgehead atoms. The third kappa shape index (κ3) is 19.9. The highest BCUT2D eigenvalue weighted by molar-refractivity contribution is 5.96. The van der Waals surface area contributed by atoms with Crippen LogP contribution in [0.5, 0.6) is 0 Å². The van der Waals surface area contributed by atoms with Crippen LogP contribution in [0.4, 0.5) is 14.4 Å². The van der Waals surface area contributed by atoms with Gasteiger partial charge >= 0.3 is 24.2 Å². The number of likely N-dealkylation sites (tertiary alicyclic amines) is 3. The van der Waals surface area contributed by atoms with E-state index in [4.69, 9.17) is 14.2 Å². The summed E-state index contributed by atoms with van der Waals surface area (Å²) in [6.07, 6.45) is 2.40. The van der Waals surface area contributed by atoms with Gasteiger partial charge in [-0.15, -0.1) is 0 Å². The molecule has 0 aromatic carbocycles. The van der Waals surface area contributed by atoms with Gasteiger partial charge in [0.15, 0.2) is 12.2 Å². The zero-order chi connectivity index (χ0) is 77.8. The maximum atomic E-state index is 14.0. The summed E-state index contributed by atoms with van der Waals surface area (Å²) in [6, 6.07) is -6.52. The highest BCUT2D eigenvalue weighted by Crippen LogP contribution is 2.67. The van der Waals surface area contributed by atoms with Gasteiger partial charge in [0.2, 0.25) is 29.5 Å². The Labute approximate surface area is 605 Å². The maximum absolute atomic E-state index is 14.0. The van der Waals surface area contributed by atoms with Crippen LogP contribution < -0.4 is 37.2 Å². The fraction of sp³-hybridized carbons (Fsp3) is 0.853. The van der Waals surface area contributed by atoms with E-state index in [1.165, 1.54) is 19.0 Å². The van der Waals surface area contributed by atoms with Crippen LogP contribution in [0.3, 0.4) is 0 Å². The second-order valence-electron chi connectivity index (χ2n) is 38.3. The van der Waals surface area contributed by atoms with E-state index in [-0.39, 0.29) is 81.3 Å². The van der Waals surface area contributed by atoms with Crippen molar-refractivity contribution in [1.29, 1.82) is 0 Å². The summed E-state index contributed by atoms with van der Waals surface area (Å²) in [7, 11) is 2.90. The number of likely N-dealkylation sites (N-methyl/N-ethyl adjacent to an activating group) is 2. The quantitative estimate of drug-likeness (QED) is 0.0589.